The standard InChI is InChI=1S/C18H25F2NO4.C10H14N4O.C5H10O.C4H8S.2C2H6.CH4N2O.CH5N/c1-18(2,3)25-17(23)21-11-6-4-5-8-13(22)12-24-16-14(19)9-7-10-15(16)20;11-5-2-6-14(13)9-4-1-3-8(7-9)10(12)15;1-2-3-4-5-6;1-2-4-5-3-1;2*1-2;2-1(3)4;1-2/h7,9-10H,4-6,8,11-12H2,1-3H3,(H,21,23);1-4,6-7H,5,11,13H2,(H2,12,15);5H,2-4H2,1H3;1-4H2;2*1-2H3;(H4,2,3,4);2H2,1H3/b;6-2+;;;;;;. The van der Waals surface area contributed by atoms with Crippen LogP contribution in [0.2, 0.25) is 0 Å². The molecule has 0 unspecified atom stereocenters. The van der Waals surface area contributed by atoms with E-state index in [-0.39, 0.29) is 18.8 Å². The van der Waals surface area contributed by atoms with Crippen molar-refractivity contribution in [2.75, 3.05) is 43.3 Å². The summed E-state index contributed by atoms with van der Waals surface area (Å²) < 4.78 is 36.7. The number of nitrogens with zero attached hydrogens (tertiary/aromatic N) is 1. The van der Waals surface area contributed by atoms with Gasteiger partial charge in [0.2, 0.25) is 5.91 Å². The van der Waals surface area contributed by atoms with Crippen molar-refractivity contribution in [3.8, 4) is 5.75 Å². The van der Waals surface area contributed by atoms with Gasteiger partial charge in [0.25, 0.3) is 0 Å². The number of rotatable bonds is 16. The van der Waals surface area contributed by atoms with Crippen molar-refractivity contribution in [1.29, 1.82) is 0 Å². The van der Waals surface area contributed by atoms with Crippen LogP contribution in [0.3, 0.4) is 0 Å². The monoisotopic (exact) mass is 889 g/mol. The second-order valence-corrected chi connectivity index (χ2v) is 13.8. The molecule has 13 N–H and O–H groups in total. The van der Waals surface area contributed by atoms with Crippen LogP contribution in [-0.2, 0) is 14.3 Å². The molecule has 1 aliphatic rings. The van der Waals surface area contributed by atoms with Crippen molar-refractivity contribution < 1.29 is 42.2 Å². The third-order valence-corrected chi connectivity index (χ3v) is 7.59. The Morgan fingerprint density at radius 3 is 1.85 bits per heavy atom. The number of nitrogens with one attached hydrogen (secondary N) is 1. The fraction of sp³-hybridized carbons (Fsp3) is 0.558. The Labute approximate surface area is 368 Å². The molecule has 1 heterocycles. The Kier molecular flexibility index (Phi) is 49.6. The number of hydrogen-bond donors (Lipinski definition) is 7. The van der Waals surface area contributed by atoms with Crippen molar-refractivity contribution in [2.24, 2.45) is 34.5 Å². The van der Waals surface area contributed by atoms with Crippen LogP contribution in [0.15, 0.2) is 54.7 Å². The van der Waals surface area contributed by atoms with Gasteiger partial charge < -0.3 is 48.3 Å². The number of halogens is 2. The smallest absolute Gasteiger partial charge is 0.407 e. The molecule has 0 bridgehead atoms. The second kappa shape index (κ2) is 46.3. The van der Waals surface area contributed by atoms with Crippen molar-refractivity contribution in [2.45, 2.75) is 119 Å². The van der Waals surface area contributed by atoms with Crippen molar-refractivity contribution >= 4 is 47.6 Å². The summed E-state index contributed by atoms with van der Waals surface area (Å²) in [5, 5.41) is 4.01. The molecule has 0 aliphatic carbocycles. The number of hydrazine groups is 1. The van der Waals surface area contributed by atoms with Crippen LogP contribution in [0.1, 0.15) is 124 Å². The van der Waals surface area contributed by atoms with Gasteiger partial charge in [0.05, 0.1) is 5.69 Å². The number of primary amides is 3. The molecule has 61 heavy (non-hydrogen) atoms. The van der Waals surface area contributed by atoms with E-state index in [9.17, 15) is 28.0 Å². The molecule has 18 heteroatoms. The molecular formula is C43H78F2N8O7S. The lowest BCUT2D eigenvalue weighted by atomic mass is 10.1. The highest BCUT2D eigenvalue weighted by Gasteiger charge is 2.15. The summed E-state index contributed by atoms with van der Waals surface area (Å²) in [6, 6.07) is 9.26. The predicted octanol–water partition coefficient (Wildman–Crippen LogP) is 7.48. The average molecular weight is 889 g/mol. The zero-order chi connectivity index (χ0) is 48.1. The number of benzene rings is 2. The Balaban J connectivity index is -0.000000243. The molecule has 4 amide bonds. The maximum Gasteiger partial charge on any atom is 0.407 e. The molecule has 1 aliphatic heterocycles. The van der Waals surface area contributed by atoms with Crippen LogP contribution < -0.4 is 49.6 Å². The van der Waals surface area contributed by atoms with E-state index in [1.54, 1.807) is 57.3 Å². The number of urea groups is 1. The lowest BCUT2D eigenvalue weighted by molar-refractivity contribution is -0.121. The van der Waals surface area contributed by atoms with Crippen molar-refractivity contribution in [3.05, 3.63) is 71.9 Å². The summed E-state index contributed by atoms with van der Waals surface area (Å²) in [6.45, 7) is 15.9. The third-order valence-electron chi connectivity index (χ3n) is 6.43. The van der Waals surface area contributed by atoms with Crippen LogP contribution in [-0.4, -0.2) is 74.0 Å². The van der Waals surface area contributed by atoms with E-state index < -0.39 is 41.0 Å². The SMILES string of the molecule is C1CCSC1.CC.CC.CC(C)(C)OC(=O)NCCCCCC(=O)COc1c(F)cccc1F.CCCCC=O.CN.NC(N)=O.NC/C=C/N(N)c1cccc(C(N)=O)c1. The molecule has 0 spiro atoms. The molecule has 15 nitrogen and oxygen atoms in total. The zero-order valence-corrected chi connectivity index (χ0v) is 38.9. The van der Waals surface area contributed by atoms with Gasteiger partial charge in [-0.1, -0.05) is 65.7 Å². The van der Waals surface area contributed by atoms with Gasteiger partial charge in [-0.15, -0.1) is 0 Å². The number of hydrogen-bond acceptors (Lipinski definition) is 12. The van der Waals surface area contributed by atoms with E-state index in [0.29, 0.717) is 37.2 Å². The van der Waals surface area contributed by atoms with E-state index in [1.165, 1.54) is 42.5 Å². The first-order chi connectivity index (χ1) is 29.0. The van der Waals surface area contributed by atoms with Gasteiger partial charge in [-0.3, -0.25) is 14.6 Å². The molecule has 352 valence electrons. The number of carbonyl (C=O) groups excluding carboxylic acids is 5. The molecule has 1 saturated heterocycles. The Hall–Kier alpha value is -4.78. The minimum Gasteiger partial charge on any atom is -0.480 e. The Morgan fingerprint density at radius 1 is 0.885 bits per heavy atom. The predicted molar refractivity (Wildman–Crippen MR) is 248 cm³/mol. The summed E-state index contributed by atoms with van der Waals surface area (Å²) >= 11 is 2.07. The summed E-state index contributed by atoms with van der Waals surface area (Å²) in [4.78, 5) is 52.6. The first-order valence-corrected chi connectivity index (χ1v) is 21.6. The van der Waals surface area contributed by atoms with Gasteiger partial charge in [-0.2, -0.15) is 11.8 Å². The van der Waals surface area contributed by atoms with Crippen LogP contribution in [0.25, 0.3) is 0 Å². The number of unbranched alkanes of at least 4 members (excludes halogenated alkanes) is 4. The summed E-state index contributed by atoms with van der Waals surface area (Å²) in [6.07, 6.45) is 11.9. The lowest BCUT2D eigenvalue weighted by Crippen LogP contribution is -2.33. The molecule has 2 aromatic rings. The van der Waals surface area contributed by atoms with E-state index in [0.717, 1.165) is 44.1 Å². The molecule has 3 rings (SSSR count). The number of amides is 4. The number of ketones is 1. The number of nitrogens with two attached hydrogens (primary N) is 6. The van der Waals surface area contributed by atoms with Crippen molar-refractivity contribution in [3.63, 3.8) is 0 Å². The summed E-state index contributed by atoms with van der Waals surface area (Å²) in [5.41, 5.74) is 24.0. The van der Waals surface area contributed by atoms with Gasteiger partial charge in [-0.25, -0.2) is 24.2 Å². The number of carbonyl (C=O) groups is 5. The summed E-state index contributed by atoms with van der Waals surface area (Å²) in [7, 11) is 1.50. The number of anilines is 1. The van der Waals surface area contributed by atoms with E-state index in [2.05, 4.69) is 41.2 Å². The molecule has 0 saturated carbocycles. The topological polar surface area (TPSA) is 275 Å². The van der Waals surface area contributed by atoms with E-state index >= 15 is 0 Å². The number of thioether (sulfide) groups is 1. The van der Waals surface area contributed by atoms with Gasteiger partial charge >= 0.3 is 12.1 Å². The number of aldehydes is 1. The number of Topliss-reactive ketones (excluding diaryl/α,β-unsaturated/α-hetero) is 1. The maximum absolute atomic E-state index is 13.3. The highest BCUT2D eigenvalue weighted by atomic mass is 32.2. The highest BCUT2D eigenvalue weighted by molar-refractivity contribution is 7.99. The molecule has 0 atom stereocenters. The van der Waals surface area contributed by atoms with Crippen molar-refractivity contribution in [1.82, 2.24) is 5.32 Å². The van der Waals surface area contributed by atoms with Crippen LogP contribution in [0, 0.1) is 11.6 Å². The Bertz CT molecular complexity index is 1400. The third kappa shape index (κ3) is 46.1. The number of alkyl carbamates (subject to hydrolysis) is 1. The largest absolute Gasteiger partial charge is 0.480 e. The number of para-hydroxylation sites is 1. The molecule has 0 radical (unpaired) electrons. The highest BCUT2D eigenvalue weighted by Crippen LogP contribution is 2.21. The fourth-order valence-corrected chi connectivity index (χ4v) is 4.87. The van der Waals surface area contributed by atoms with Crippen LogP contribution in [0.4, 0.5) is 24.1 Å². The average Bonchev–Trinajstić information content (AvgIpc) is 3.83. The second-order valence-electron chi connectivity index (χ2n) is 12.6. The fourth-order valence-electron chi connectivity index (χ4n) is 3.85. The van der Waals surface area contributed by atoms with E-state index in [4.69, 9.17) is 31.6 Å². The normalized spacial score (nSPS) is 10.6. The summed E-state index contributed by atoms with van der Waals surface area (Å²) in [5.74, 6) is 5.62. The maximum atomic E-state index is 13.3. The minimum atomic E-state index is -0.833. The van der Waals surface area contributed by atoms with Crippen LogP contribution in [0.5, 0.6) is 5.75 Å². The zero-order valence-electron chi connectivity index (χ0n) is 38.1. The van der Waals surface area contributed by atoms with E-state index in [1.807, 2.05) is 27.7 Å². The molecular weight excluding hydrogens is 811 g/mol. The first-order valence-electron chi connectivity index (χ1n) is 20.5. The number of ether oxygens (including phenoxy) is 2. The first kappa shape index (κ1) is 65.3. The van der Waals surface area contributed by atoms with Gasteiger partial charge in [-0.05, 0) is 102 Å². The van der Waals surface area contributed by atoms with Gasteiger partial charge in [0.15, 0.2) is 23.2 Å². The molecule has 1 fully saturated rings. The Morgan fingerprint density at radius 2 is 1.43 bits per heavy atom. The lowest BCUT2D eigenvalue weighted by Gasteiger charge is -2.19. The quantitative estimate of drug-likeness (QED) is 0.0374. The van der Waals surface area contributed by atoms with Gasteiger partial charge in [0, 0.05) is 37.7 Å². The van der Waals surface area contributed by atoms with Crippen LogP contribution >= 0.6 is 11.8 Å². The van der Waals surface area contributed by atoms with Gasteiger partial charge in [0.1, 0.15) is 18.5 Å². The molecule has 2 aromatic carbocycles. The minimum absolute atomic E-state index is 0.234. The molecule has 0 aromatic heterocycles.